The van der Waals surface area contributed by atoms with Crippen LogP contribution in [0.25, 0.3) is 0 Å². The molecule has 0 radical (unpaired) electrons. The molecule has 1 amide bonds. The van der Waals surface area contributed by atoms with E-state index >= 15 is 0 Å². The topological polar surface area (TPSA) is 75.1 Å². The van der Waals surface area contributed by atoms with Crippen molar-refractivity contribution in [2.45, 2.75) is 46.0 Å². The summed E-state index contributed by atoms with van der Waals surface area (Å²) < 4.78 is 6.29. The number of nitrogens with one attached hydrogen (secondary N) is 2. The quantitative estimate of drug-likeness (QED) is 0.271. The Morgan fingerprint density at radius 1 is 1.24 bits per heavy atom. The molecule has 1 aliphatic carbocycles. The number of nitrogens with zero attached hydrogens (tertiary/aromatic N) is 1. The van der Waals surface area contributed by atoms with Gasteiger partial charge >= 0.3 is 0 Å². The van der Waals surface area contributed by atoms with Crippen molar-refractivity contribution in [1.29, 1.82) is 5.41 Å². The van der Waals surface area contributed by atoms with Gasteiger partial charge in [-0.1, -0.05) is 30.4 Å². The summed E-state index contributed by atoms with van der Waals surface area (Å²) >= 11 is 6.06. The lowest BCUT2D eigenvalue weighted by molar-refractivity contribution is 0.102. The van der Waals surface area contributed by atoms with Crippen molar-refractivity contribution in [3.8, 4) is 10.8 Å². The van der Waals surface area contributed by atoms with E-state index in [9.17, 15) is 4.79 Å². The fourth-order valence-corrected chi connectivity index (χ4v) is 5.37. The number of thiol groups is 1. The van der Waals surface area contributed by atoms with E-state index in [0.717, 1.165) is 58.7 Å². The number of rotatable bonds is 6. The number of hydrogen-bond donors (Lipinski definition) is 3. The van der Waals surface area contributed by atoms with Gasteiger partial charge in [-0.05, 0) is 78.5 Å². The number of carbonyl (C=O) groups is 1. The van der Waals surface area contributed by atoms with E-state index in [4.69, 9.17) is 22.8 Å². The summed E-state index contributed by atoms with van der Waals surface area (Å²) in [5, 5.41) is 11.5. The second kappa shape index (κ2) is 10.4. The Balaban J connectivity index is 1.73. The van der Waals surface area contributed by atoms with Crippen LogP contribution in [0.1, 0.15) is 51.8 Å². The summed E-state index contributed by atoms with van der Waals surface area (Å²) in [7, 11) is 0. The van der Waals surface area contributed by atoms with E-state index in [-0.39, 0.29) is 5.91 Å². The van der Waals surface area contributed by atoms with Crippen LogP contribution >= 0.6 is 24.0 Å². The number of anilines is 1. The summed E-state index contributed by atoms with van der Waals surface area (Å²) in [6.07, 6.45) is 6.97. The Hall–Kier alpha value is -2.90. The van der Waals surface area contributed by atoms with Gasteiger partial charge in [-0.25, -0.2) is 0 Å². The van der Waals surface area contributed by atoms with E-state index in [1.165, 1.54) is 23.1 Å². The van der Waals surface area contributed by atoms with Crippen LogP contribution in [0.15, 0.2) is 53.1 Å². The molecule has 33 heavy (non-hydrogen) atoms. The van der Waals surface area contributed by atoms with Crippen molar-refractivity contribution < 1.29 is 9.53 Å². The third-order valence-corrected chi connectivity index (χ3v) is 7.43. The summed E-state index contributed by atoms with van der Waals surface area (Å²) in [6.45, 7) is 4.01. The Bertz CT molecular complexity index is 1210. The van der Waals surface area contributed by atoms with Gasteiger partial charge in [-0.2, -0.15) is 0 Å². The third kappa shape index (κ3) is 5.20. The minimum Gasteiger partial charge on any atom is -0.444 e. The van der Waals surface area contributed by atoms with Crippen LogP contribution in [0.5, 0.6) is 10.8 Å². The van der Waals surface area contributed by atoms with Gasteiger partial charge in [0.1, 0.15) is 5.75 Å². The number of allylic oxidation sites excluding steroid dienone is 2. The molecule has 1 aliphatic rings. The summed E-state index contributed by atoms with van der Waals surface area (Å²) in [5.41, 5.74) is 5.70. The van der Waals surface area contributed by atoms with Crippen molar-refractivity contribution in [3.63, 3.8) is 0 Å². The predicted molar refractivity (Wildman–Crippen MR) is 139 cm³/mol. The number of aryl methyl sites for hydroxylation is 2. The molecule has 2 aromatic heterocycles. The molecular weight excluding hydrogens is 450 g/mol. The first-order valence-corrected chi connectivity index (χ1v) is 12.3. The summed E-state index contributed by atoms with van der Waals surface area (Å²) in [4.78, 5) is 19.2. The third-order valence-electron chi connectivity index (χ3n) is 5.83. The molecule has 0 atom stereocenters. The van der Waals surface area contributed by atoms with E-state index in [1.807, 2.05) is 43.3 Å². The molecule has 2 heterocycles. The van der Waals surface area contributed by atoms with Crippen molar-refractivity contribution >= 4 is 41.8 Å². The predicted octanol–water partition coefficient (Wildman–Crippen LogP) is 6.77. The van der Waals surface area contributed by atoms with Crippen LogP contribution in [-0.2, 0) is 19.3 Å². The lowest BCUT2D eigenvalue weighted by Crippen LogP contribution is -2.13. The Morgan fingerprint density at radius 3 is 2.73 bits per heavy atom. The molecule has 5 nitrogen and oxygen atoms in total. The molecule has 4 rings (SSSR count). The highest BCUT2D eigenvalue weighted by atomic mass is 32.1. The summed E-state index contributed by atoms with van der Waals surface area (Å²) in [5.74, 6) is 0.540. The molecule has 0 saturated heterocycles. The number of carbonyl (C=O) groups excluding carboxylic acids is 1. The molecule has 0 fully saturated rings. The van der Waals surface area contributed by atoms with E-state index in [2.05, 4.69) is 17.2 Å². The zero-order chi connectivity index (χ0) is 23.4. The highest BCUT2D eigenvalue weighted by Crippen LogP contribution is 2.43. The van der Waals surface area contributed by atoms with E-state index < -0.39 is 0 Å². The minimum atomic E-state index is -0.129. The number of hydrogen-bond acceptors (Lipinski definition) is 6. The van der Waals surface area contributed by atoms with Crippen LogP contribution in [-0.4, -0.2) is 17.1 Å². The first kappa shape index (κ1) is 23.3. The first-order valence-electron chi connectivity index (χ1n) is 11.1. The Labute approximate surface area is 203 Å². The molecule has 0 aliphatic heterocycles. The number of fused-ring (bicyclic) bond motifs is 1. The van der Waals surface area contributed by atoms with Gasteiger partial charge in [0.15, 0.2) is 5.06 Å². The molecular formula is C26H27N3O2S2. The standard InChI is InChI=1S/C26H27N3O2S2/c1-3-17-9-11-19(12-10-17)29-25(30)24-20-7-4-6-18(15-27)23(32)14-21(20)26(33-24)31-22-8-5-13-28-16(22)2/h5,8-13,15,27,32H,3-4,6-7,14H2,1-2H3,(H,29,30)/b23-18-,27-15?. The number of thiophene rings is 1. The number of aromatic nitrogens is 1. The number of benzene rings is 1. The lowest BCUT2D eigenvalue weighted by Gasteiger charge is -2.15. The molecule has 0 saturated carbocycles. The van der Waals surface area contributed by atoms with Crippen molar-refractivity contribution in [3.05, 3.63) is 80.3 Å². The number of amides is 1. The lowest BCUT2D eigenvalue weighted by atomic mass is 9.94. The maximum Gasteiger partial charge on any atom is 0.266 e. The number of pyridine rings is 1. The SMILES string of the molecule is CCc1ccc(NC(=O)c2sc(Oc3cccnc3C)c3c2CCC/C(C=N)=C(/S)C3)cc1. The highest BCUT2D eigenvalue weighted by molar-refractivity contribution is 7.84. The van der Waals surface area contributed by atoms with Gasteiger partial charge < -0.3 is 15.5 Å². The van der Waals surface area contributed by atoms with Crippen LogP contribution in [0.4, 0.5) is 5.69 Å². The number of ether oxygens (including phenoxy) is 1. The van der Waals surface area contributed by atoms with Crippen molar-refractivity contribution in [2.75, 3.05) is 5.32 Å². The second-order valence-electron chi connectivity index (χ2n) is 8.02. The second-order valence-corrected chi connectivity index (χ2v) is 9.54. The normalized spacial score (nSPS) is 15.8. The van der Waals surface area contributed by atoms with Gasteiger partial charge in [0.2, 0.25) is 0 Å². The van der Waals surface area contributed by atoms with E-state index in [1.54, 1.807) is 6.20 Å². The molecule has 0 unspecified atom stereocenters. The molecule has 0 bridgehead atoms. The monoisotopic (exact) mass is 477 g/mol. The van der Waals surface area contributed by atoms with Crippen LogP contribution < -0.4 is 10.1 Å². The Morgan fingerprint density at radius 2 is 2.03 bits per heavy atom. The molecule has 7 heteroatoms. The van der Waals surface area contributed by atoms with Gasteiger partial charge in [0.25, 0.3) is 5.91 Å². The first-order chi connectivity index (χ1) is 16.0. The fourth-order valence-electron chi connectivity index (χ4n) is 3.91. The van der Waals surface area contributed by atoms with E-state index in [0.29, 0.717) is 22.1 Å². The molecule has 1 aromatic carbocycles. The molecule has 170 valence electrons. The zero-order valence-corrected chi connectivity index (χ0v) is 20.5. The molecule has 0 spiro atoms. The average Bonchev–Trinajstić information content (AvgIpc) is 3.13. The van der Waals surface area contributed by atoms with Crippen LogP contribution in [0.3, 0.4) is 0 Å². The fraction of sp³-hybridized carbons (Fsp3) is 0.269. The maximum absolute atomic E-state index is 13.3. The zero-order valence-electron chi connectivity index (χ0n) is 18.8. The van der Waals surface area contributed by atoms with Crippen molar-refractivity contribution in [1.82, 2.24) is 4.98 Å². The van der Waals surface area contributed by atoms with Crippen molar-refractivity contribution in [2.24, 2.45) is 0 Å². The smallest absolute Gasteiger partial charge is 0.266 e. The van der Waals surface area contributed by atoms with Gasteiger partial charge in [0, 0.05) is 30.1 Å². The summed E-state index contributed by atoms with van der Waals surface area (Å²) in [6, 6.07) is 11.7. The van der Waals surface area contributed by atoms with Gasteiger partial charge in [-0.15, -0.1) is 12.6 Å². The Kier molecular flexibility index (Phi) is 7.30. The van der Waals surface area contributed by atoms with Crippen LogP contribution in [0, 0.1) is 12.3 Å². The average molecular weight is 478 g/mol. The molecule has 3 aromatic rings. The largest absolute Gasteiger partial charge is 0.444 e. The van der Waals surface area contributed by atoms with Crippen LogP contribution in [0.2, 0.25) is 0 Å². The molecule has 2 N–H and O–H groups in total. The maximum atomic E-state index is 13.3. The highest BCUT2D eigenvalue weighted by Gasteiger charge is 2.26. The van der Waals surface area contributed by atoms with Gasteiger partial charge in [-0.3, -0.25) is 9.78 Å². The minimum absolute atomic E-state index is 0.129. The van der Waals surface area contributed by atoms with Gasteiger partial charge in [0.05, 0.1) is 10.6 Å².